The Bertz CT molecular complexity index is 521. The third-order valence-corrected chi connectivity index (χ3v) is 5.09. The van der Waals surface area contributed by atoms with Crippen LogP contribution in [0.4, 0.5) is 5.69 Å². The maximum atomic E-state index is 11.0. The van der Waals surface area contributed by atoms with Gasteiger partial charge in [0.05, 0.1) is 4.92 Å². The van der Waals surface area contributed by atoms with Gasteiger partial charge in [0.1, 0.15) is 0 Å². The molecule has 0 radical (unpaired) electrons. The second-order valence-electron chi connectivity index (χ2n) is 6.10. The van der Waals surface area contributed by atoms with Crippen LogP contribution in [-0.4, -0.2) is 11.5 Å². The summed E-state index contributed by atoms with van der Waals surface area (Å²) in [5.41, 5.74) is 0.820. The Morgan fingerprint density at radius 1 is 1.35 bits per heavy atom. The van der Waals surface area contributed by atoms with Gasteiger partial charge in [-0.05, 0) is 55.7 Å². The van der Waals surface area contributed by atoms with Crippen LogP contribution in [0.3, 0.4) is 0 Å². The summed E-state index contributed by atoms with van der Waals surface area (Å²) >= 11 is 5.82. The molecular weight excluding hydrogens is 276 g/mol. The number of nitrogens with one attached hydrogen (secondary N) is 1. The second-order valence-corrected chi connectivity index (χ2v) is 6.53. The number of rotatable bonds is 5. The predicted molar refractivity (Wildman–Crippen MR) is 78.8 cm³/mol. The van der Waals surface area contributed by atoms with E-state index in [2.05, 4.69) is 5.32 Å². The minimum Gasteiger partial charge on any atom is -0.312 e. The lowest BCUT2D eigenvalue weighted by molar-refractivity contribution is -0.385. The molecule has 2 saturated carbocycles. The van der Waals surface area contributed by atoms with Crippen molar-refractivity contribution in [3.8, 4) is 0 Å². The molecule has 0 heterocycles. The van der Waals surface area contributed by atoms with E-state index in [0.29, 0.717) is 17.1 Å². The number of fused-ring (bicyclic) bond motifs is 2. The molecule has 1 N–H and O–H groups in total. The van der Waals surface area contributed by atoms with E-state index in [0.717, 1.165) is 24.3 Å². The first-order chi connectivity index (χ1) is 9.63. The lowest BCUT2D eigenvalue weighted by Gasteiger charge is -2.21. The van der Waals surface area contributed by atoms with Crippen molar-refractivity contribution >= 4 is 17.3 Å². The Morgan fingerprint density at radius 3 is 2.85 bits per heavy atom. The van der Waals surface area contributed by atoms with E-state index in [4.69, 9.17) is 11.6 Å². The van der Waals surface area contributed by atoms with Gasteiger partial charge in [0.25, 0.3) is 5.69 Å². The number of nitro groups is 1. The van der Waals surface area contributed by atoms with Crippen LogP contribution in [-0.2, 0) is 6.54 Å². The van der Waals surface area contributed by atoms with Crippen LogP contribution in [0.15, 0.2) is 18.2 Å². The number of nitrogens with zero attached hydrogens (tertiary/aromatic N) is 1. The van der Waals surface area contributed by atoms with E-state index >= 15 is 0 Å². The maximum absolute atomic E-state index is 11.0. The molecule has 2 aliphatic rings. The highest BCUT2D eigenvalue weighted by molar-refractivity contribution is 6.30. The summed E-state index contributed by atoms with van der Waals surface area (Å²) in [5.74, 6) is 2.59. The summed E-state index contributed by atoms with van der Waals surface area (Å²) in [6.07, 6.45) is 5.51. The van der Waals surface area contributed by atoms with Crippen LogP contribution in [0.1, 0.15) is 31.2 Å². The Kier molecular flexibility index (Phi) is 3.94. The Balaban J connectivity index is 1.57. The third kappa shape index (κ3) is 2.81. The first-order valence-corrected chi connectivity index (χ1v) is 7.65. The van der Waals surface area contributed by atoms with E-state index in [9.17, 15) is 10.1 Å². The van der Waals surface area contributed by atoms with Gasteiger partial charge in [-0.1, -0.05) is 18.0 Å². The molecular formula is C15H19ClN2O2. The Labute approximate surface area is 123 Å². The van der Waals surface area contributed by atoms with Crippen molar-refractivity contribution in [2.75, 3.05) is 6.54 Å². The average Bonchev–Trinajstić information content (AvgIpc) is 3.02. The normalized spacial score (nSPS) is 27.9. The van der Waals surface area contributed by atoms with Gasteiger partial charge in [-0.15, -0.1) is 0 Å². The monoisotopic (exact) mass is 294 g/mol. The van der Waals surface area contributed by atoms with Gasteiger partial charge >= 0.3 is 0 Å². The van der Waals surface area contributed by atoms with E-state index in [1.54, 1.807) is 12.1 Å². The van der Waals surface area contributed by atoms with E-state index < -0.39 is 0 Å². The number of benzene rings is 1. The predicted octanol–water partition coefficient (Wildman–Crippen LogP) is 3.77. The van der Waals surface area contributed by atoms with E-state index in [1.807, 2.05) is 0 Å². The average molecular weight is 295 g/mol. The van der Waals surface area contributed by atoms with Crippen molar-refractivity contribution in [3.63, 3.8) is 0 Å². The van der Waals surface area contributed by atoms with Gasteiger partial charge in [0, 0.05) is 23.2 Å². The molecule has 0 spiro atoms. The van der Waals surface area contributed by atoms with Crippen molar-refractivity contribution in [1.82, 2.24) is 5.32 Å². The van der Waals surface area contributed by atoms with Crippen molar-refractivity contribution < 1.29 is 4.92 Å². The Hall–Kier alpha value is -1.13. The lowest BCUT2D eigenvalue weighted by Crippen LogP contribution is -2.26. The molecule has 2 fully saturated rings. The Morgan fingerprint density at radius 2 is 2.20 bits per heavy atom. The molecule has 3 rings (SSSR count). The molecule has 1 aromatic carbocycles. The van der Waals surface area contributed by atoms with Gasteiger partial charge in [-0.3, -0.25) is 10.1 Å². The summed E-state index contributed by atoms with van der Waals surface area (Å²) in [6.45, 7) is 1.52. The lowest BCUT2D eigenvalue weighted by atomic mass is 9.89. The maximum Gasteiger partial charge on any atom is 0.275 e. The van der Waals surface area contributed by atoms with Crippen molar-refractivity contribution in [2.45, 2.75) is 32.2 Å². The molecule has 20 heavy (non-hydrogen) atoms. The molecule has 2 bridgehead atoms. The van der Waals surface area contributed by atoms with Gasteiger partial charge in [0.2, 0.25) is 0 Å². The molecule has 0 saturated heterocycles. The molecule has 1 aromatic rings. The van der Waals surface area contributed by atoms with Crippen molar-refractivity contribution in [3.05, 3.63) is 38.9 Å². The first kappa shape index (κ1) is 13.8. The van der Waals surface area contributed by atoms with Crippen LogP contribution in [0, 0.1) is 27.9 Å². The highest BCUT2D eigenvalue weighted by atomic mass is 35.5. The molecule has 0 aliphatic heterocycles. The second kappa shape index (κ2) is 5.70. The van der Waals surface area contributed by atoms with Gasteiger partial charge in [0.15, 0.2) is 0 Å². The fraction of sp³-hybridized carbons (Fsp3) is 0.600. The number of hydrogen-bond acceptors (Lipinski definition) is 3. The fourth-order valence-electron chi connectivity index (χ4n) is 3.88. The summed E-state index contributed by atoms with van der Waals surface area (Å²) in [7, 11) is 0. The van der Waals surface area contributed by atoms with Gasteiger partial charge in [-0.2, -0.15) is 0 Å². The molecule has 5 heteroatoms. The molecule has 3 atom stereocenters. The fourth-order valence-corrected chi connectivity index (χ4v) is 4.04. The minimum absolute atomic E-state index is 0.109. The van der Waals surface area contributed by atoms with Crippen LogP contribution in [0.2, 0.25) is 5.02 Å². The van der Waals surface area contributed by atoms with Gasteiger partial charge < -0.3 is 5.32 Å². The van der Waals surface area contributed by atoms with Crippen LogP contribution in [0.5, 0.6) is 0 Å². The molecule has 0 amide bonds. The molecule has 0 aromatic heterocycles. The highest BCUT2D eigenvalue weighted by Gasteiger charge is 2.38. The number of nitro benzene ring substituents is 1. The third-order valence-electron chi connectivity index (χ3n) is 4.85. The molecule has 3 unspecified atom stereocenters. The topological polar surface area (TPSA) is 55.2 Å². The number of hydrogen-bond donors (Lipinski definition) is 1. The van der Waals surface area contributed by atoms with Crippen LogP contribution in [0.25, 0.3) is 0 Å². The summed E-state index contributed by atoms with van der Waals surface area (Å²) in [5, 5.41) is 14.8. The zero-order valence-electron chi connectivity index (χ0n) is 11.3. The first-order valence-electron chi connectivity index (χ1n) is 7.27. The van der Waals surface area contributed by atoms with Crippen LogP contribution >= 0.6 is 11.6 Å². The quantitative estimate of drug-likeness (QED) is 0.664. The summed E-state index contributed by atoms with van der Waals surface area (Å²) in [6, 6.07) is 4.88. The van der Waals surface area contributed by atoms with Crippen molar-refractivity contribution in [1.29, 1.82) is 0 Å². The van der Waals surface area contributed by atoms with E-state index in [1.165, 1.54) is 31.7 Å². The zero-order chi connectivity index (χ0) is 14.1. The van der Waals surface area contributed by atoms with E-state index in [-0.39, 0.29) is 10.6 Å². The minimum atomic E-state index is -0.361. The molecule has 2 aliphatic carbocycles. The van der Waals surface area contributed by atoms with Crippen molar-refractivity contribution in [2.24, 2.45) is 17.8 Å². The SMILES string of the molecule is O=[N+]([O-])c1cc(Cl)ccc1CNCC1CC2CCC1C2. The largest absolute Gasteiger partial charge is 0.312 e. The molecule has 4 nitrogen and oxygen atoms in total. The highest BCUT2D eigenvalue weighted by Crippen LogP contribution is 2.47. The standard InChI is InChI=1S/C15H19ClN2O2/c16-14-4-3-12(15(7-14)18(19)20)8-17-9-13-6-10-1-2-11(13)5-10/h3-4,7,10-11,13,17H,1-2,5-6,8-9H2. The van der Waals surface area contributed by atoms with Crippen LogP contribution < -0.4 is 5.32 Å². The van der Waals surface area contributed by atoms with Gasteiger partial charge in [-0.25, -0.2) is 0 Å². The summed E-state index contributed by atoms with van der Waals surface area (Å²) in [4.78, 5) is 10.7. The molecule has 108 valence electrons. The zero-order valence-corrected chi connectivity index (χ0v) is 12.1. The number of halogens is 1. The summed E-state index contributed by atoms with van der Waals surface area (Å²) < 4.78 is 0. The smallest absolute Gasteiger partial charge is 0.275 e.